The molecule has 5 heteroatoms. The highest BCUT2D eigenvalue weighted by Gasteiger charge is 2.27. The number of aliphatic hydroxyl groups excluding tert-OH is 1. The summed E-state index contributed by atoms with van der Waals surface area (Å²) in [6.07, 6.45) is 1.23. The number of hydrogen-bond acceptors (Lipinski definition) is 3. The van der Waals surface area contributed by atoms with E-state index in [-0.39, 0.29) is 29.1 Å². The van der Waals surface area contributed by atoms with E-state index >= 15 is 0 Å². The molecule has 20 heavy (non-hydrogen) atoms. The number of amides is 1. The van der Waals surface area contributed by atoms with Crippen molar-refractivity contribution in [2.75, 3.05) is 13.1 Å². The van der Waals surface area contributed by atoms with Gasteiger partial charge in [-0.15, -0.1) is 0 Å². The summed E-state index contributed by atoms with van der Waals surface area (Å²) in [6, 6.07) is 1.82. The van der Waals surface area contributed by atoms with Crippen molar-refractivity contribution >= 4 is 5.91 Å². The number of nitrogens with zero attached hydrogens (tertiary/aromatic N) is 1. The molecular formula is C15H22N2O3. The van der Waals surface area contributed by atoms with Crippen LogP contribution in [0.15, 0.2) is 10.9 Å². The molecule has 1 amide bonds. The highest BCUT2D eigenvalue weighted by molar-refractivity contribution is 5.95. The Balaban J connectivity index is 2.16. The van der Waals surface area contributed by atoms with Gasteiger partial charge in [0.15, 0.2) is 0 Å². The molecule has 2 heterocycles. The Morgan fingerprint density at radius 3 is 2.50 bits per heavy atom. The summed E-state index contributed by atoms with van der Waals surface area (Å²) in [6.45, 7) is 6.58. The van der Waals surface area contributed by atoms with Crippen molar-refractivity contribution in [2.24, 2.45) is 5.92 Å². The van der Waals surface area contributed by atoms with Gasteiger partial charge in [-0.2, -0.15) is 0 Å². The van der Waals surface area contributed by atoms with E-state index in [1.165, 1.54) is 0 Å². The first-order valence-electron chi connectivity index (χ1n) is 7.08. The Labute approximate surface area is 118 Å². The Morgan fingerprint density at radius 1 is 1.40 bits per heavy atom. The molecule has 2 rings (SSSR count). The first-order chi connectivity index (χ1) is 9.40. The zero-order valence-electron chi connectivity index (χ0n) is 12.3. The third-order valence-electron chi connectivity index (χ3n) is 4.09. The quantitative estimate of drug-likeness (QED) is 0.854. The smallest absolute Gasteiger partial charge is 0.261 e. The van der Waals surface area contributed by atoms with Crippen molar-refractivity contribution in [3.8, 4) is 0 Å². The van der Waals surface area contributed by atoms with Crippen LogP contribution in [-0.4, -0.2) is 40.1 Å². The van der Waals surface area contributed by atoms with Gasteiger partial charge in [0.05, 0.1) is 6.10 Å². The molecule has 2 N–H and O–H groups in total. The molecule has 1 aliphatic rings. The second kappa shape index (κ2) is 5.79. The summed E-state index contributed by atoms with van der Waals surface area (Å²) in [7, 11) is 0. The van der Waals surface area contributed by atoms with Gasteiger partial charge in [0.2, 0.25) is 0 Å². The summed E-state index contributed by atoms with van der Waals surface area (Å²) < 4.78 is 0. The fourth-order valence-electron chi connectivity index (χ4n) is 2.86. The summed E-state index contributed by atoms with van der Waals surface area (Å²) >= 11 is 0. The Kier molecular flexibility index (Phi) is 4.28. The zero-order chi connectivity index (χ0) is 14.9. The topological polar surface area (TPSA) is 73.4 Å². The van der Waals surface area contributed by atoms with E-state index < -0.39 is 0 Å². The molecule has 1 fully saturated rings. The highest BCUT2D eigenvalue weighted by Crippen LogP contribution is 2.21. The number of piperidine rings is 1. The summed E-state index contributed by atoms with van der Waals surface area (Å²) in [5.74, 6) is 0.0456. The Hall–Kier alpha value is -1.62. The van der Waals surface area contributed by atoms with Gasteiger partial charge in [-0.25, -0.2) is 0 Å². The number of aromatic nitrogens is 1. The molecule has 0 spiro atoms. The molecule has 1 aromatic heterocycles. The molecule has 5 nitrogen and oxygen atoms in total. The van der Waals surface area contributed by atoms with Crippen molar-refractivity contribution in [1.29, 1.82) is 0 Å². The van der Waals surface area contributed by atoms with E-state index in [9.17, 15) is 14.7 Å². The van der Waals surface area contributed by atoms with Crippen LogP contribution in [0.25, 0.3) is 0 Å². The van der Waals surface area contributed by atoms with Gasteiger partial charge < -0.3 is 15.0 Å². The monoisotopic (exact) mass is 278 g/mol. The lowest BCUT2D eigenvalue weighted by atomic mass is 9.92. The molecule has 1 atom stereocenters. The van der Waals surface area contributed by atoms with Crippen molar-refractivity contribution < 1.29 is 9.90 Å². The number of aryl methyl sites for hydroxylation is 2. The van der Waals surface area contributed by atoms with Crippen molar-refractivity contribution in [3.63, 3.8) is 0 Å². The van der Waals surface area contributed by atoms with Crippen LogP contribution in [-0.2, 0) is 0 Å². The molecular weight excluding hydrogens is 256 g/mol. The van der Waals surface area contributed by atoms with Gasteiger partial charge in [-0.3, -0.25) is 9.59 Å². The fraction of sp³-hybridized carbons (Fsp3) is 0.600. The van der Waals surface area contributed by atoms with Gasteiger partial charge in [0, 0.05) is 18.8 Å². The van der Waals surface area contributed by atoms with Crippen molar-refractivity contribution in [3.05, 3.63) is 33.2 Å². The first-order valence-corrected chi connectivity index (χ1v) is 7.08. The van der Waals surface area contributed by atoms with Gasteiger partial charge in [0.1, 0.15) is 5.56 Å². The molecule has 0 aliphatic carbocycles. The van der Waals surface area contributed by atoms with Crippen molar-refractivity contribution in [1.82, 2.24) is 9.88 Å². The molecule has 1 aromatic rings. The lowest BCUT2D eigenvalue weighted by Crippen LogP contribution is -2.42. The van der Waals surface area contributed by atoms with E-state index in [1.807, 2.05) is 6.07 Å². The van der Waals surface area contributed by atoms with Gasteiger partial charge in [0.25, 0.3) is 11.5 Å². The zero-order valence-corrected chi connectivity index (χ0v) is 12.3. The predicted molar refractivity (Wildman–Crippen MR) is 76.8 cm³/mol. The van der Waals surface area contributed by atoms with E-state index in [0.29, 0.717) is 18.7 Å². The summed E-state index contributed by atoms with van der Waals surface area (Å²) in [5, 5.41) is 9.58. The summed E-state index contributed by atoms with van der Waals surface area (Å²) in [4.78, 5) is 28.8. The van der Waals surface area contributed by atoms with E-state index in [1.54, 1.807) is 25.7 Å². The number of rotatable bonds is 2. The van der Waals surface area contributed by atoms with Gasteiger partial charge in [-0.1, -0.05) is 0 Å². The van der Waals surface area contributed by atoms with Gasteiger partial charge in [-0.05, 0) is 51.2 Å². The lowest BCUT2D eigenvalue weighted by Gasteiger charge is -2.33. The third-order valence-corrected chi connectivity index (χ3v) is 4.09. The average Bonchev–Trinajstić information content (AvgIpc) is 2.37. The first kappa shape index (κ1) is 14.8. The number of carbonyl (C=O) groups is 1. The maximum atomic E-state index is 12.5. The SMILES string of the molecule is Cc1cc(C)c(C(=O)N2CCC(C(C)O)CC2)c(=O)[nH]1. The minimum atomic E-state index is -0.336. The number of aromatic amines is 1. The molecule has 1 aliphatic heterocycles. The molecule has 0 bridgehead atoms. The van der Waals surface area contributed by atoms with Crippen LogP contribution in [0.1, 0.15) is 41.4 Å². The van der Waals surface area contributed by atoms with Crippen LogP contribution in [0.3, 0.4) is 0 Å². The molecule has 110 valence electrons. The van der Waals surface area contributed by atoms with Crippen LogP contribution in [0, 0.1) is 19.8 Å². The summed E-state index contributed by atoms with van der Waals surface area (Å²) in [5.41, 5.74) is 1.40. The number of aliphatic hydroxyl groups is 1. The number of pyridine rings is 1. The van der Waals surface area contributed by atoms with Crippen LogP contribution >= 0.6 is 0 Å². The highest BCUT2D eigenvalue weighted by atomic mass is 16.3. The van der Waals surface area contributed by atoms with Crippen LogP contribution < -0.4 is 5.56 Å². The second-order valence-corrected chi connectivity index (χ2v) is 5.71. The minimum Gasteiger partial charge on any atom is -0.393 e. The molecule has 1 saturated heterocycles. The maximum absolute atomic E-state index is 12.5. The Bertz CT molecular complexity index is 555. The number of likely N-dealkylation sites (tertiary alicyclic amines) is 1. The second-order valence-electron chi connectivity index (χ2n) is 5.71. The minimum absolute atomic E-state index is 0.201. The van der Waals surface area contributed by atoms with E-state index in [0.717, 1.165) is 18.5 Å². The van der Waals surface area contributed by atoms with Crippen LogP contribution in [0.2, 0.25) is 0 Å². The molecule has 0 aromatic carbocycles. The van der Waals surface area contributed by atoms with E-state index in [2.05, 4.69) is 4.98 Å². The Morgan fingerprint density at radius 2 is 2.00 bits per heavy atom. The maximum Gasteiger partial charge on any atom is 0.261 e. The van der Waals surface area contributed by atoms with E-state index in [4.69, 9.17) is 0 Å². The number of H-pyrrole nitrogens is 1. The molecule has 1 unspecified atom stereocenters. The largest absolute Gasteiger partial charge is 0.393 e. The predicted octanol–water partition coefficient (Wildman–Crippen LogP) is 1.22. The van der Waals surface area contributed by atoms with Gasteiger partial charge >= 0.3 is 0 Å². The van der Waals surface area contributed by atoms with Crippen LogP contribution in [0.4, 0.5) is 0 Å². The normalized spacial score (nSPS) is 18.1. The number of hydrogen-bond donors (Lipinski definition) is 2. The van der Waals surface area contributed by atoms with Crippen LogP contribution in [0.5, 0.6) is 0 Å². The third kappa shape index (κ3) is 2.93. The number of nitrogens with one attached hydrogen (secondary N) is 1. The fourth-order valence-corrected chi connectivity index (χ4v) is 2.86. The average molecular weight is 278 g/mol. The molecule has 0 radical (unpaired) electrons. The molecule has 0 saturated carbocycles. The number of carbonyl (C=O) groups excluding carboxylic acids is 1. The van der Waals surface area contributed by atoms with Crippen molar-refractivity contribution in [2.45, 2.75) is 39.7 Å². The standard InChI is InChI=1S/C15H22N2O3/c1-9-8-10(2)16-14(19)13(9)15(20)17-6-4-12(5-7-17)11(3)18/h8,11-12,18H,4-7H2,1-3H3,(H,16,19). The lowest BCUT2D eigenvalue weighted by molar-refractivity contribution is 0.0519.